The molecular weight excluding hydrogens is 258 g/mol. The Labute approximate surface area is 117 Å². The van der Waals surface area contributed by atoms with Crippen LogP contribution in [0.15, 0.2) is 48.5 Å². The molecule has 2 nitrogen and oxygen atoms in total. The van der Waals surface area contributed by atoms with Crippen LogP contribution in [0.4, 0.5) is 0 Å². The Hall–Kier alpha value is -1.80. The van der Waals surface area contributed by atoms with Crippen molar-refractivity contribution >= 4 is 17.5 Å². The van der Waals surface area contributed by atoms with E-state index in [0.717, 1.165) is 17.9 Å². The lowest BCUT2D eigenvalue weighted by Crippen LogP contribution is -2.27. The van der Waals surface area contributed by atoms with Crippen LogP contribution in [0.3, 0.4) is 0 Å². The Kier molecular flexibility index (Phi) is 3.26. The highest BCUT2D eigenvalue weighted by molar-refractivity contribution is 6.30. The van der Waals surface area contributed by atoms with E-state index in [-0.39, 0.29) is 11.9 Å². The van der Waals surface area contributed by atoms with Gasteiger partial charge in [0, 0.05) is 10.6 Å². The van der Waals surface area contributed by atoms with Gasteiger partial charge in [-0.1, -0.05) is 35.9 Å². The Morgan fingerprint density at radius 2 is 1.95 bits per heavy atom. The van der Waals surface area contributed by atoms with Crippen molar-refractivity contribution < 1.29 is 4.79 Å². The number of rotatable bonds is 2. The summed E-state index contributed by atoms with van der Waals surface area (Å²) >= 11 is 5.99. The number of aryl methyl sites for hydroxylation is 1. The minimum atomic E-state index is -0.0200. The summed E-state index contributed by atoms with van der Waals surface area (Å²) in [5, 5.41) is 3.85. The van der Waals surface area contributed by atoms with Crippen molar-refractivity contribution in [2.45, 2.75) is 18.9 Å². The highest BCUT2D eigenvalue weighted by atomic mass is 35.5. The smallest absolute Gasteiger partial charge is 0.251 e. The summed E-state index contributed by atoms with van der Waals surface area (Å²) in [6.07, 6.45) is 1.91. The maximum Gasteiger partial charge on any atom is 0.251 e. The Morgan fingerprint density at radius 1 is 1.16 bits per heavy atom. The number of fused-ring (bicyclic) bond motifs is 1. The fourth-order valence-electron chi connectivity index (χ4n) is 2.57. The molecule has 1 N–H and O–H groups in total. The first kappa shape index (κ1) is 12.2. The van der Waals surface area contributed by atoms with Gasteiger partial charge in [-0.05, 0) is 48.2 Å². The average molecular weight is 272 g/mol. The maximum absolute atomic E-state index is 12.1. The monoisotopic (exact) mass is 271 g/mol. The van der Waals surface area contributed by atoms with Crippen LogP contribution in [0.1, 0.15) is 33.9 Å². The van der Waals surface area contributed by atoms with Gasteiger partial charge in [-0.2, -0.15) is 0 Å². The molecule has 0 spiro atoms. The summed E-state index contributed by atoms with van der Waals surface area (Å²) in [4.78, 5) is 12.1. The van der Waals surface area contributed by atoms with Gasteiger partial charge in [-0.25, -0.2) is 0 Å². The molecule has 0 saturated heterocycles. The van der Waals surface area contributed by atoms with E-state index in [1.807, 2.05) is 48.5 Å². The normalized spacial score (nSPS) is 17.0. The van der Waals surface area contributed by atoms with E-state index in [9.17, 15) is 4.79 Å². The van der Waals surface area contributed by atoms with Crippen LogP contribution >= 0.6 is 11.6 Å². The van der Waals surface area contributed by atoms with Gasteiger partial charge in [-0.3, -0.25) is 4.79 Å². The second-order valence-corrected chi connectivity index (χ2v) is 5.21. The first-order valence-corrected chi connectivity index (χ1v) is 6.76. The van der Waals surface area contributed by atoms with Crippen LogP contribution in [-0.2, 0) is 6.42 Å². The molecular formula is C16H14ClNO. The summed E-state index contributed by atoms with van der Waals surface area (Å²) in [6.45, 7) is 0. The molecule has 1 amide bonds. The third-order valence-electron chi connectivity index (χ3n) is 3.52. The number of nitrogens with one attached hydrogen (secondary N) is 1. The molecule has 0 heterocycles. The molecule has 0 unspecified atom stereocenters. The summed E-state index contributed by atoms with van der Waals surface area (Å²) in [7, 11) is 0. The Morgan fingerprint density at radius 3 is 2.74 bits per heavy atom. The van der Waals surface area contributed by atoms with Gasteiger partial charge in [0.1, 0.15) is 0 Å². The summed E-state index contributed by atoms with van der Waals surface area (Å²) < 4.78 is 0. The van der Waals surface area contributed by atoms with E-state index in [1.165, 1.54) is 11.1 Å². The quantitative estimate of drug-likeness (QED) is 0.885. The van der Waals surface area contributed by atoms with Crippen LogP contribution < -0.4 is 5.32 Å². The van der Waals surface area contributed by atoms with E-state index in [4.69, 9.17) is 11.6 Å². The van der Waals surface area contributed by atoms with Crippen LogP contribution in [0.5, 0.6) is 0 Å². The van der Waals surface area contributed by atoms with Crippen LogP contribution in [0.25, 0.3) is 0 Å². The third-order valence-corrected chi connectivity index (χ3v) is 3.76. The summed E-state index contributed by atoms with van der Waals surface area (Å²) in [6, 6.07) is 15.3. The van der Waals surface area contributed by atoms with Gasteiger partial charge in [0.15, 0.2) is 0 Å². The van der Waals surface area contributed by atoms with Crippen molar-refractivity contribution in [2.75, 3.05) is 0 Å². The number of hydrogen-bond donors (Lipinski definition) is 1. The van der Waals surface area contributed by atoms with E-state index in [2.05, 4.69) is 5.32 Å². The van der Waals surface area contributed by atoms with Crippen molar-refractivity contribution in [3.63, 3.8) is 0 Å². The van der Waals surface area contributed by atoms with Gasteiger partial charge in [0.25, 0.3) is 5.91 Å². The number of carbonyl (C=O) groups is 1. The van der Waals surface area contributed by atoms with Crippen molar-refractivity contribution in [2.24, 2.45) is 0 Å². The molecule has 0 aliphatic heterocycles. The van der Waals surface area contributed by atoms with E-state index >= 15 is 0 Å². The number of halogens is 1. The molecule has 0 bridgehead atoms. The predicted octanol–water partition coefficient (Wildman–Crippen LogP) is 3.76. The van der Waals surface area contributed by atoms with Gasteiger partial charge in [-0.15, -0.1) is 0 Å². The van der Waals surface area contributed by atoms with E-state index in [0.29, 0.717) is 5.56 Å². The van der Waals surface area contributed by atoms with Crippen LogP contribution in [0.2, 0.25) is 5.02 Å². The van der Waals surface area contributed by atoms with Crippen molar-refractivity contribution in [1.29, 1.82) is 0 Å². The maximum atomic E-state index is 12.1. The number of carbonyl (C=O) groups excluding carboxylic acids is 1. The summed E-state index contributed by atoms with van der Waals surface area (Å²) in [5.41, 5.74) is 3.13. The molecule has 1 aliphatic rings. The largest absolute Gasteiger partial charge is 0.345 e. The highest BCUT2D eigenvalue weighted by Crippen LogP contribution is 2.32. The zero-order valence-corrected chi connectivity index (χ0v) is 11.2. The molecule has 19 heavy (non-hydrogen) atoms. The first-order valence-electron chi connectivity index (χ1n) is 6.38. The molecule has 0 saturated carbocycles. The van der Waals surface area contributed by atoms with Gasteiger partial charge in [0.2, 0.25) is 0 Å². The summed E-state index contributed by atoms with van der Waals surface area (Å²) in [5.74, 6) is -0.0200. The second kappa shape index (κ2) is 5.06. The molecule has 0 radical (unpaired) electrons. The molecule has 3 rings (SSSR count). The zero-order chi connectivity index (χ0) is 13.2. The minimum Gasteiger partial charge on any atom is -0.345 e. The van der Waals surface area contributed by atoms with Gasteiger partial charge >= 0.3 is 0 Å². The average Bonchev–Trinajstić information content (AvgIpc) is 2.82. The Bertz CT molecular complexity index is 609. The van der Waals surface area contributed by atoms with Gasteiger partial charge < -0.3 is 5.32 Å². The van der Waals surface area contributed by atoms with E-state index in [1.54, 1.807) is 0 Å². The number of amides is 1. The lowest BCUT2D eigenvalue weighted by Gasteiger charge is -2.14. The van der Waals surface area contributed by atoms with E-state index < -0.39 is 0 Å². The fraction of sp³-hybridized carbons (Fsp3) is 0.188. The zero-order valence-electron chi connectivity index (χ0n) is 10.4. The minimum absolute atomic E-state index is 0.0200. The molecule has 96 valence electrons. The highest BCUT2D eigenvalue weighted by Gasteiger charge is 2.24. The molecule has 2 aromatic rings. The van der Waals surface area contributed by atoms with Crippen LogP contribution in [0, 0.1) is 0 Å². The molecule has 1 atom stereocenters. The predicted molar refractivity (Wildman–Crippen MR) is 76.4 cm³/mol. The lowest BCUT2D eigenvalue weighted by molar-refractivity contribution is 0.0936. The molecule has 2 aromatic carbocycles. The molecule has 1 aliphatic carbocycles. The van der Waals surface area contributed by atoms with Crippen molar-refractivity contribution in [3.05, 3.63) is 70.2 Å². The van der Waals surface area contributed by atoms with Crippen molar-refractivity contribution in [3.8, 4) is 0 Å². The third kappa shape index (κ3) is 2.49. The second-order valence-electron chi connectivity index (χ2n) is 4.77. The molecule has 3 heteroatoms. The molecule has 0 aromatic heterocycles. The number of hydrogen-bond acceptors (Lipinski definition) is 1. The first-order chi connectivity index (χ1) is 9.24. The standard InChI is InChI=1S/C16H14ClNO/c17-13-7-8-14-12(10-13)6-9-15(14)18-16(19)11-4-2-1-3-5-11/h1-5,7-8,10,15H,6,9H2,(H,18,19)/t15-/m1/s1. The topological polar surface area (TPSA) is 29.1 Å². The number of benzene rings is 2. The van der Waals surface area contributed by atoms with Crippen molar-refractivity contribution in [1.82, 2.24) is 5.32 Å². The molecule has 0 fully saturated rings. The SMILES string of the molecule is O=C(N[C@@H]1CCc2cc(Cl)ccc21)c1ccccc1. The van der Waals surface area contributed by atoms with Crippen LogP contribution in [-0.4, -0.2) is 5.91 Å². The lowest BCUT2D eigenvalue weighted by atomic mass is 10.1. The van der Waals surface area contributed by atoms with Gasteiger partial charge in [0.05, 0.1) is 6.04 Å². The Balaban J connectivity index is 1.78. The fourth-order valence-corrected chi connectivity index (χ4v) is 2.76.